The van der Waals surface area contributed by atoms with E-state index >= 15 is 0 Å². The number of rotatable bonds is 6. The smallest absolute Gasteiger partial charge is 0.227 e. The van der Waals surface area contributed by atoms with Crippen molar-refractivity contribution in [2.75, 3.05) is 11.4 Å². The fourth-order valence-corrected chi connectivity index (χ4v) is 3.29. The van der Waals surface area contributed by atoms with Crippen LogP contribution in [0, 0.1) is 11.8 Å². The van der Waals surface area contributed by atoms with Gasteiger partial charge in [-0.25, -0.2) is 0 Å². The third kappa shape index (κ3) is 4.33. The lowest BCUT2D eigenvalue weighted by Crippen LogP contribution is -2.29. The summed E-state index contributed by atoms with van der Waals surface area (Å²) < 4.78 is 0. The summed E-state index contributed by atoms with van der Waals surface area (Å²) in [6.45, 7) is 9.42. The predicted molar refractivity (Wildman–Crippen MR) is 93.1 cm³/mol. The first kappa shape index (κ1) is 17.0. The Balaban J connectivity index is 2.05. The molecule has 3 heteroatoms. The summed E-state index contributed by atoms with van der Waals surface area (Å²) in [5.41, 5.74) is 9.92. The highest BCUT2D eigenvalue weighted by Crippen LogP contribution is 2.30. The van der Waals surface area contributed by atoms with Crippen molar-refractivity contribution >= 4 is 11.6 Å². The predicted octanol–water partition coefficient (Wildman–Crippen LogP) is 3.54. The number of amides is 1. The molecule has 0 bridgehead atoms. The number of fused-ring (bicyclic) bond motifs is 1. The highest BCUT2D eigenvalue weighted by molar-refractivity contribution is 5.95. The second-order valence-corrected chi connectivity index (χ2v) is 7.45. The Morgan fingerprint density at radius 3 is 2.59 bits per heavy atom. The third-order valence-electron chi connectivity index (χ3n) is 4.20. The van der Waals surface area contributed by atoms with Gasteiger partial charge >= 0.3 is 0 Å². The highest BCUT2D eigenvalue weighted by atomic mass is 16.2. The van der Waals surface area contributed by atoms with Gasteiger partial charge in [-0.05, 0) is 48.3 Å². The minimum atomic E-state index is 0.220. The lowest BCUT2D eigenvalue weighted by Gasteiger charge is -2.19. The molecule has 1 aromatic carbocycles. The molecule has 122 valence electrons. The molecule has 1 unspecified atom stereocenters. The van der Waals surface area contributed by atoms with Crippen LogP contribution in [-0.2, 0) is 17.6 Å². The van der Waals surface area contributed by atoms with Crippen molar-refractivity contribution in [1.82, 2.24) is 0 Å². The number of carbonyl (C=O) groups excluding carboxylic acids is 1. The summed E-state index contributed by atoms with van der Waals surface area (Å²) in [5.74, 6) is 1.29. The van der Waals surface area contributed by atoms with Gasteiger partial charge in [0, 0.05) is 24.7 Å². The van der Waals surface area contributed by atoms with Gasteiger partial charge in [0.15, 0.2) is 0 Å². The topological polar surface area (TPSA) is 46.3 Å². The fraction of sp³-hybridized carbons (Fsp3) is 0.632. The van der Waals surface area contributed by atoms with Crippen LogP contribution in [0.15, 0.2) is 18.2 Å². The molecule has 22 heavy (non-hydrogen) atoms. The fourth-order valence-electron chi connectivity index (χ4n) is 3.29. The highest BCUT2D eigenvalue weighted by Gasteiger charge is 2.25. The standard InChI is InChI=1S/C19H30N2O/c1-13(2)9-17(20)12-15-5-6-18-16(11-15)7-8-21(18)19(22)10-14(3)4/h5-6,11,13-14,17H,7-10,12,20H2,1-4H3. The lowest BCUT2D eigenvalue weighted by molar-refractivity contribution is -0.119. The average Bonchev–Trinajstić information content (AvgIpc) is 2.79. The van der Waals surface area contributed by atoms with Crippen LogP contribution in [0.1, 0.15) is 51.7 Å². The molecular formula is C19H30N2O. The molecule has 1 heterocycles. The summed E-state index contributed by atoms with van der Waals surface area (Å²) in [6.07, 6.45) is 3.56. The van der Waals surface area contributed by atoms with Crippen molar-refractivity contribution in [1.29, 1.82) is 0 Å². The van der Waals surface area contributed by atoms with E-state index in [0.717, 1.165) is 31.5 Å². The van der Waals surface area contributed by atoms with Crippen LogP contribution in [0.3, 0.4) is 0 Å². The van der Waals surface area contributed by atoms with Gasteiger partial charge in [-0.1, -0.05) is 39.8 Å². The van der Waals surface area contributed by atoms with E-state index in [9.17, 15) is 4.79 Å². The van der Waals surface area contributed by atoms with Crippen LogP contribution < -0.4 is 10.6 Å². The summed E-state index contributed by atoms with van der Waals surface area (Å²) in [4.78, 5) is 14.3. The van der Waals surface area contributed by atoms with Crippen molar-refractivity contribution in [3.8, 4) is 0 Å². The molecule has 1 aromatic rings. The number of hydrogen-bond acceptors (Lipinski definition) is 2. The van der Waals surface area contributed by atoms with Crippen LogP contribution in [0.4, 0.5) is 5.69 Å². The average molecular weight is 302 g/mol. The number of hydrogen-bond donors (Lipinski definition) is 1. The maximum atomic E-state index is 12.3. The Labute approximate surface area is 134 Å². The zero-order valence-corrected chi connectivity index (χ0v) is 14.4. The van der Waals surface area contributed by atoms with E-state index in [0.29, 0.717) is 18.3 Å². The van der Waals surface area contributed by atoms with Crippen LogP contribution in [0.2, 0.25) is 0 Å². The molecule has 2 rings (SSSR count). The van der Waals surface area contributed by atoms with Crippen molar-refractivity contribution in [2.24, 2.45) is 17.6 Å². The van der Waals surface area contributed by atoms with Gasteiger partial charge in [0.1, 0.15) is 0 Å². The number of nitrogens with zero attached hydrogens (tertiary/aromatic N) is 1. The molecule has 0 spiro atoms. The Bertz CT molecular complexity index is 522. The van der Waals surface area contributed by atoms with Gasteiger partial charge in [-0.15, -0.1) is 0 Å². The normalized spacial score (nSPS) is 15.5. The van der Waals surface area contributed by atoms with E-state index < -0.39 is 0 Å². The number of nitrogens with two attached hydrogens (primary N) is 1. The summed E-state index contributed by atoms with van der Waals surface area (Å²) in [6, 6.07) is 6.72. The van der Waals surface area contributed by atoms with Gasteiger partial charge in [0.2, 0.25) is 5.91 Å². The van der Waals surface area contributed by atoms with Gasteiger partial charge in [-0.2, -0.15) is 0 Å². The number of benzene rings is 1. The maximum Gasteiger partial charge on any atom is 0.227 e. The first-order valence-corrected chi connectivity index (χ1v) is 8.54. The Morgan fingerprint density at radius 1 is 1.23 bits per heavy atom. The Hall–Kier alpha value is -1.35. The molecule has 3 nitrogen and oxygen atoms in total. The number of carbonyl (C=O) groups is 1. The molecule has 0 fully saturated rings. The van der Waals surface area contributed by atoms with E-state index in [2.05, 4.69) is 45.9 Å². The molecule has 0 aromatic heterocycles. The van der Waals surface area contributed by atoms with E-state index in [1.165, 1.54) is 11.1 Å². The molecular weight excluding hydrogens is 272 g/mol. The van der Waals surface area contributed by atoms with E-state index in [1.54, 1.807) is 0 Å². The molecule has 2 N–H and O–H groups in total. The zero-order chi connectivity index (χ0) is 16.3. The van der Waals surface area contributed by atoms with Crippen molar-refractivity contribution in [3.05, 3.63) is 29.3 Å². The van der Waals surface area contributed by atoms with Gasteiger partial charge in [0.25, 0.3) is 0 Å². The second kappa shape index (κ2) is 7.28. The van der Waals surface area contributed by atoms with Crippen LogP contribution >= 0.6 is 0 Å². The first-order valence-electron chi connectivity index (χ1n) is 8.54. The van der Waals surface area contributed by atoms with E-state index in [-0.39, 0.29) is 11.9 Å². The van der Waals surface area contributed by atoms with Crippen LogP contribution in [0.25, 0.3) is 0 Å². The second-order valence-electron chi connectivity index (χ2n) is 7.45. The summed E-state index contributed by atoms with van der Waals surface area (Å²) in [5, 5.41) is 0. The molecule has 0 saturated heterocycles. The minimum absolute atomic E-state index is 0.220. The Morgan fingerprint density at radius 2 is 1.95 bits per heavy atom. The maximum absolute atomic E-state index is 12.3. The van der Waals surface area contributed by atoms with Gasteiger partial charge in [0.05, 0.1) is 0 Å². The monoisotopic (exact) mass is 302 g/mol. The molecule has 0 saturated carbocycles. The molecule has 1 aliphatic heterocycles. The SMILES string of the molecule is CC(C)CC(=O)N1CCc2cc(CC(N)CC(C)C)ccc21. The lowest BCUT2D eigenvalue weighted by atomic mass is 9.96. The molecule has 1 atom stereocenters. The van der Waals surface area contributed by atoms with E-state index in [1.807, 2.05) is 4.90 Å². The van der Waals surface area contributed by atoms with Crippen molar-refractivity contribution in [3.63, 3.8) is 0 Å². The quantitative estimate of drug-likeness (QED) is 0.873. The molecule has 0 aliphatic carbocycles. The van der Waals surface area contributed by atoms with Gasteiger partial charge in [-0.3, -0.25) is 4.79 Å². The van der Waals surface area contributed by atoms with Gasteiger partial charge < -0.3 is 10.6 Å². The summed E-state index contributed by atoms with van der Waals surface area (Å²) in [7, 11) is 0. The largest absolute Gasteiger partial charge is 0.327 e. The Kier molecular flexibility index (Phi) is 5.63. The first-order chi connectivity index (χ1) is 10.4. The molecule has 1 aliphatic rings. The van der Waals surface area contributed by atoms with Crippen LogP contribution in [-0.4, -0.2) is 18.5 Å². The summed E-state index contributed by atoms with van der Waals surface area (Å²) >= 11 is 0. The minimum Gasteiger partial charge on any atom is -0.327 e. The van der Waals surface area contributed by atoms with Crippen LogP contribution in [0.5, 0.6) is 0 Å². The van der Waals surface area contributed by atoms with Crippen molar-refractivity contribution in [2.45, 2.75) is 59.4 Å². The zero-order valence-electron chi connectivity index (χ0n) is 14.4. The molecule has 0 radical (unpaired) electrons. The molecule has 1 amide bonds. The van der Waals surface area contributed by atoms with Crippen molar-refractivity contribution < 1.29 is 4.79 Å². The number of anilines is 1. The third-order valence-corrected chi connectivity index (χ3v) is 4.20. The van der Waals surface area contributed by atoms with E-state index in [4.69, 9.17) is 5.73 Å².